The lowest BCUT2D eigenvalue weighted by molar-refractivity contribution is -0.212. The van der Waals surface area contributed by atoms with Gasteiger partial charge in [0.1, 0.15) is 6.10 Å². The number of hydrogen-bond acceptors (Lipinski definition) is 7. The molecule has 2 heterocycles. The number of nitrogens with one attached hydrogen (secondary N) is 1. The standard InChI is InChI=1S/C39H49NO7/c1-19(2)34-30(46-21(4)41)18-25-29(47-34)12-13-37(7)38(8)23(11-14-39(25,37)45)16-28(42)33-27(40-35(38)43)10-9-22-15-20(3)24-17-26(36(5,6)44)32(24)31(22)33/h9-10,18,23-24,26,29-30,32,34,44-45H,1,3,11-17H2,2,4-8H3,(H,40,43)/t23-,24+,26-,29+,30-,32+,34-,37+,38-,39-/m0/s1. The minimum Gasteiger partial charge on any atom is -0.455 e. The van der Waals surface area contributed by atoms with Crippen molar-refractivity contribution in [2.24, 2.45) is 28.6 Å². The van der Waals surface area contributed by atoms with Crippen LogP contribution in [0.5, 0.6) is 0 Å². The number of anilines is 1. The summed E-state index contributed by atoms with van der Waals surface area (Å²) in [5, 5.41) is 27.1. The summed E-state index contributed by atoms with van der Waals surface area (Å²) in [6.07, 6.45) is 3.79. The van der Waals surface area contributed by atoms with Crippen LogP contribution in [0.15, 0.2) is 48.1 Å². The molecule has 1 aromatic carbocycles. The molecule has 0 spiro atoms. The molecule has 252 valence electrons. The summed E-state index contributed by atoms with van der Waals surface area (Å²) in [6, 6.07) is 3.86. The number of esters is 1. The van der Waals surface area contributed by atoms with E-state index < -0.39 is 46.3 Å². The van der Waals surface area contributed by atoms with Crippen LogP contribution in [0.2, 0.25) is 0 Å². The lowest BCUT2D eigenvalue weighted by Crippen LogP contribution is -2.70. The van der Waals surface area contributed by atoms with Crippen molar-refractivity contribution in [3.63, 3.8) is 0 Å². The van der Waals surface area contributed by atoms with Gasteiger partial charge in [0.15, 0.2) is 11.9 Å². The van der Waals surface area contributed by atoms with E-state index in [2.05, 4.69) is 18.5 Å². The Balaban J connectivity index is 1.31. The topological polar surface area (TPSA) is 122 Å². The molecule has 7 rings (SSSR count). The minimum atomic E-state index is -1.42. The smallest absolute Gasteiger partial charge is 0.303 e. The number of carbonyl (C=O) groups excluding carboxylic acids is 3. The highest BCUT2D eigenvalue weighted by Crippen LogP contribution is 2.68. The third-order valence-electron chi connectivity index (χ3n) is 13.5. The Labute approximate surface area is 277 Å². The van der Waals surface area contributed by atoms with Crippen molar-refractivity contribution >= 4 is 23.3 Å². The predicted octanol–water partition coefficient (Wildman–Crippen LogP) is 5.96. The fourth-order valence-corrected chi connectivity index (χ4v) is 10.7. The van der Waals surface area contributed by atoms with Crippen molar-refractivity contribution in [1.29, 1.82) is 0 Å². The molecule has 3 saturated carbocycles. The van der Waals surface area contributed by atoms with Gasteiger partial charge in [0, 0.05) is 24.3 Å². The average molecular weight is 644 g/mol. The van der Waals surface area contributed by atoms with Crippen molar-refractivity contribution < 1.29 is 34.1 Å². The largest absolute Gasteiger partial charge is 0.455 e. The second kappa shape index (κ2) is 10.5. The number of amides is 1. The molecule has 4 aliphatic carbocycles. The van der Waals surface area contributed by atoms with Crippen LogP contribution in [0, 0.1) is 28.6 Å². The number of benzene rings is 1. The van der Waals surface area contributed by atoms with Crippen LogP contribution >= 0.6 is 0 Å². The maximum absolute atomic E-state index is 14.8. The maximum Gasteiger partial charge on any atom is 0.303 e. The van der Waals surface area contributed by atoms with Gasteiger partial charge in [-0.3, -0.25) is 14.4 Å². The van der Waals surface area contributed by atoms with E-state index in [1.807, 2.05) is 52.8 Å². The predicted molar refractivity (Wildman–Crippen MR) is 178 cm³/mol. The number of ether oxygens (including phenoxy) is 2. The van der Waals surface area contributed by atoms with E-state index in [9.17, 15) is 24.6 Å². The van der Waals surface area contributed by atoms with Crippen LogP contribution in [0.1, 0.15) is 107 Å². The Bertz CT molecular complexity index is 1650. The van der Waals surface area contributed by atoms with Gasteiger partial charge in [0.25, 0.3) is 0 Å². The van der Waals surface area contributed by atoms with Crippen molar-refractivity contribution in [1.82, 2.24) is 0 Å². The van der Waals surface area contributed by atoms with Gasteiger partial charge in [0.2, 0.25) is 5.91 Å². The van der Waals surface area contributed by atoms with E-state index in [1.54, 1.807) is 0 Å². The lowest BCUT2D eigenvalue weighted by Gasteiger charge is -2.65. The molecule has 3 fully saturated rings. The van der Waals surface area contributed by atoms with Crippen LogP contribution in [-0.4, -0.2) is 57.4 Å². The van der Waals surface area contributed by atoms with Crippen molar-refractivity contribution in [3.05, 3.63) is 64.8 Å². The van der Waals surface area contributed by atoms with E-state index in [4.69, 9.17) is 9.47 Å². The molecule has 8 nitrogen and oxygen atoms in total. The monoisotopic (exact) mass is 643 g/mol. The third-order valence-corrected chi connectivity index (χ3v) is 13.5. The quantitative estimate of drug-likeness (QED) is 0.274. The van der Waals surface area contributed by atoms with Crippen molar-refractivity contribution in [3.8, 4) is 0 Å². The Kier molecular flexibility index (Phi) is 7.23. The number of allylic oxidation sites excluding steroid dienone is 1. The molecule has 6 aliphatic rings. The Morgan fingerprint density at radius 3 is 2.53 bits per heavy atom. The zero-order chi connectivity index (χ0) is 34.0. The second-order valence-electron chi connectivity index (χ2n) is 16.4. The first-order chi connectivity index (χ1) is 21.9. The maximum atomic E-state index is 14.8. The Morgan fingerprint density at radius 1 is 1.15 bits per heavy atom. The van der Waals surface area contributed by atoms with Crippen LogP contribution in [0.25, 0.3) is 0 Å². The first kappa shape index (κ1) is 32.5. The summed E-state index contributed by atoms with van der Waals surface area (Å²) in [5.74, 6) is -0.792. The lowest BCUT2D eigenvalue weighted by atomic mass is 9.41. The zero-order valence-electron chi connectivity index (χ0n) is 28.6. The minimum absolute atomic E-state index is 0.00268. The van der Waals surface area contributed by atoms with Gasteiger partial charge in [0.05, 0.1) is 28.4 Å². The second-order valence-corrected chi connectivity index (χ2v) is 16.4. The molecule has 0 aromatic heterocycles. The normalized spacial score (nSPS) is 40.7. The molecule has 0 bridgehead atoms. The van der Waals surface area contributed by atoms with Gasteiger partial charge in [-0.05, 0) is 124 Å². The van der Waals surface area contributed by atoms with E-state index in [-0.39, 0.29) is 41.8 Å². The summed E-state index contributed by atoms with van der Waals surface area (Å²) in [7, 11) is 0. The third kappa shape index (κ3) is 4.39. The van der Waals surface area contributed by atoms with Gasteiger partial charge < -0.3 is 25.0 Å². The van der Waals surface area contributed by atoms with E-state index in [1.165, 1.54) is 6.92 Å². The molecule has 2 aliphatic heterocycles. The molecular formula is C39H49NO7. The molecule has 0 saturated heterocycles. The summed E-state index contributed by atoms with van der Waals surface area (Å²) in [6.45, 7) is 19.2. The first-order valence-electron chi connectivity index (χ1n) is 17.3. The number of ketones is 1. The zero-order valence-corrected chi connectivity index (χ0v) is 28.6. The summed E-state index contributed by atoms with van der Waals surface area (Å²) >= 11 is 0. The van der Waals surface area contributed by atoms with Gasteiger partial charge in [-0.15, -0.1) is 0 Å². The summed E-state index contributed by atoms with van der Waals surface area (Å²) < 4.78 is 12.1. The highest BCUT2D eigenvalue weighted by molar-refractivity contribution is 6.09. The number of fused-ring (bicyclic) bond motifs is 10. The fraction of sp³-hybridized carbons (Fsp3) is 0.615. The molecule has 3 N–H and O–H groups in total. The summed E-state index contributed by atoms with van der Waals surface area (Å²) in [4.78, 5) is 41.4. The molecule has 8 heteroatoms. The average Bonchev–Trinajstić information content (AvgIpc) is 2.94. The highest BCUT2D eigenvalue weighted by Gasteiger charge is 2.70. The van der Waals surface area contributed by atoms with Crippen LogP contribution < -0.4 is 5.32 Å². The van der Waals surface area contributed by atoms with Crippen LogP contribution in [-0.2, 0) is 25.5 Å². The number of hydrogen-bond donors (Lipinski definition) is 3. The van der Waals surface area contributed by atoms with Gasteiger partial charge in [-0.2, -0.15) is 0 Å². The number of rotatable bonds is 3. The Morgan fingerprint density at radius 2 is 1.87 bits per heavy atom. The molecule has 1 aromatic rings. The number of aliphatic hydroxyl groups is 2. The van der Waals surface area contributed by atoms with Crippen molar-refractivity contribution in [2.45, 2.75) is 122 Å². The highest BCUT2D eigenvalue weighted by atomic mass is 16.6. The summed E-state index contributed by atoms with van der Waals surface area (Å²) in [5.41, 5.74) is 1.27. The van der Waals surface area contributed by atoms with Crippen LogP contribution in [0.3, 0.4) is 0 Å². The van der Waals surface area contributed by atoms with Crippen LogP contribution in [0.4, 0.5) is 5.69 Å². The van der Waals surface area contributed by atoms with Gasteiger partial charge in [-0.1, -0.05) is 31.7 Å². The molecule has 47 heavy (non-hydrogen) atoms. The van der Waals surface area contributed by atoms with E-state index in [0.29, 0.717) is 48.9 Å². The molecule has 0 radical (unpaired) electrons. The SMILES string of the molecule is C=C1Cc2ccc3c(c2[C@@H]2[C@@H]1C[C@@H]2C(C)(C)O)C(=O)C[C@@H]1CC[C@]2(O)C4=C[C@H](OC(C)=O)[C@H](C(=C)C)O[C@@H]4CC[C@]2(C)[C@]1(C)C(=O)N3. The van der Waals surface area contributed by atoms with Gasteiger partial charge >= 0.3 is 5.97 Å². The van der Waals surface area contributed by atoms with Crippen molar-refractivity contribution in [2.75, 3.05) is 5.32 Å². The Hall–Kier alpha value is -3.07. The number of Topliss-reactive ketones (excluding diaryl/α,β-unsaturated/α-hetero) is 1. The molecular weight excluding hydrogens is 594 g/mol. The molecule has 0 unspecified atom stereocenters. The van der Waals surface area contributed by atoms with Gasteiger partial charge in [-0.25, -0.2) is 0 Å². The molecule has 10 atom stereocenters. The molecule has 1 amide bonds. The fourth-order valence-electron chi connectivity index (χ4n) is 10.7. The van der Waals surface area contributed by atoms with E-state index in [0.717, 1.165) is 28.7 Å². The van der Waals surface area contributed by atoms with E-state index >= 15 is 0 Å². The first-order valence-corrected chi connectivity index (χ1v) is 17.3. The number of carbonyl (C=O) groups is 3.